The molecule has 0 amide bonds. The normalized spacial score (nSPS) is 11.2. The second-order valence-corrected chi connectivity index (χ2v) is 5.91. The Morgan fingerprint density at radius 2 is 1.64 bits per heavy atom. The van der Waals surface area contributed by atoms with Crippen molar-refractivity contribution in [2.24, 2.45) is 0 Å². The van der Waals surface area contributed by atoms with Crippen LogP contribution in [0.2, 0.25) is 0 Å². The fourth-order valence-corrected chi connectivity index (χ4v) is 2.71. The number of hydrogen-bond donors (Lipinski definition) is 1. The van der Waals surface area contributed by atoms with Crippen molar-refractivity contribution in [1.29, 1.82) is 0 Å². The lowest BCUT2D eigenvalue weighted by atomic mass is 10.1. The van der Waals surface area contributed by atoms with E-state index in [1.54, 1.807) is 6.07 Å². The molecule has 0 aliphatic rings. The molecule has 3 nitrogen and oxygen atoms in total. The Morgan fingerprint density at radius 3 is 2.36 bits per heavy atom. The number of unbranched alkanes of at least 4 members (excludes halogenated alkanes) is 7. The molecule has 0 aliphatic heterocycles. The molecule has 2 N–H and O–H groups in total. The second-order valence-electron chi connectivity index (χ2n) is 5.91. The van der Waals surface area contributed by atoms with E-state index in [0.717, 1.165) is 24.1 Å². The lowest BCUT2D eigenvalue weighted by Crippen LogP contribution is -2.01. The van der Waals surface area contributed by atoms with Crippen molar-refractivity contribution in [2.75, 3.05) is 5.73 Å². The predicted molar refractivity (Wildman–Crippen MR) is 90.2 cm³/mol. The number of aromatic nitrogens is 2. The quantitative estimate of drug-likeness (QED) is 0.661. The van der Waals surface area contributed by atoms with Gasteiger partial charge in [-0.25, -0.2) is 14.4 Å². The minimum atomic E-state index is -0.288. The highest BCUT2D eigenvalue weighted by Crippen LogP contribution is 2.19. The van der Waals surface area contributed by atoms with Crippen LogP contribution in [0.1, 0.15) is 64.1 Å². The predicted octanol–water partition coefficient (Wildman–Crippen LogP) is 5.03. The fourth-order valence-electron chi connectivity index (χ4n) is 2.71. The third-order valence-electron chi connectivity index (χ3n) is 3.99. The summed E-state index contributed by atoms with van der Waals surface area (Å²) in [6.45, 7) is 2.24. The number of nitrogens with zero attached hydrogens (tertiary/aromatic N) is 2. The molecule has 0 saturated carbocycles. The molecule has 2 aromatic rings. The number of aryl methyl sites for hydroxylation is 1. The highest BCUT2D eigenvalue weighted by Gasteiger charge is 2.06. The number of benzene rings is 1. The fraction of sp³-hybridized carbons (Fsp3) is 0.556. The Kier molecular flexibility index (Phi) is 6.56. The number of fused-ring (bicyclic) bond motifs is 1. The largest absolute Gasteiger partial charge is 0.383 e. The van der Waals surface area contributed by atoms with Crippen molar-refractivity contribution >= 4 is 16.7 Å². The van der Waals surface area contributed by atoms with Crippen LogP contribution in [0.15, 0.2) is 18.2 Å². The maximum Gasteiger partial charge on any atom is 0.135 e. The zero-order chi connectivity index (χ0) is 15.8. The monoisotopic (exact) mass is 303 g/mol. The average molecular weight is 303 g/mol. The van der Waals surface area contributed by atoms with Crippen LogP contribution in [0.3, 0.4) is 0 Å². The number of nitrogen functional groups attached to an aromatic ring is 1. The zero-order valence-corrected chi connectivity index (χ0v) is 13.4. The van der Waals surface area contributed by atoms with E-state index in [0.29, 0.717) is 11.3 Å². The Bertz CT molecular complexity index is 598. The van der Waals surface area contributed by atoms with Crippen molar-refractivity contribution < 1.29 is 4.39 Å². The number of anilines is 1. The number of halogens is 1. The van der Waals surface area contributed by atoms with Gasteiger partial charge in [0.15, 0.2) is 0 Å². The van der Waals surface area contributed by atoms with Crippen LogP contribution in [-0.4, -0.2) is 9.97 Å². The maximum absolute atomic E-state index is 13.3. The first-order chi connectivity index (χ1) is 10.7. The summed E-state index contributed by atoms with van der Waals surface area (Å²) in [5.41, 5.74) is 6.53. The first-order valence-corrected chi connectivity index (χ1v) is 8.42. The minimum Gasteiger partial charge on any atom is -0.383 e. The van der Waals surface area contributed by atoms with E-state index >= 15 is 0 Å². The van der Waals surface area contributed by atoms with Crippen molar-refractivity contribution in [3.63, 3.8) is 0 Å². The third kappa shape index (κ3) is 4.93. The van der Waals surface area contributed by atoms with E-state index in [1.165, 1.54) is 57.1 Å². The third-order valence-corrected chi connectivity index (χ3v) is 3.99. The summed E-state index contributed by atoms with van der Waals surface area (Å²) >= 11 is 0. The number of hydrogen-bond acceptors (Lipinski definition) is 3. The minimum absolute atomic E-state index is 0.288. The first-order valence-electron chi connectivity index (χ1n) is 8.42. The van der Waals surface area contributed by atoms with Gasteiger partial charge in [-0.2, -0.15) is 0 Å². The Labute approximate surface area is 132 Å². The van der Waals surface area contributed by atoms with Gasteiger partial charge in [-0.05, 0) is 18.6 Å². The van der Waals surface area contributed by atoms with Gasteiger partial charge >= 0.3 is 0 Å². The summed E-state index contributed by atoms with van der Waals surface area (Å²) in [5, 5.41) is 0.723. The Balaban J connectivity index is 1.79. The summed E-state index contributed by atoms with van der Waals surface area (Å²) in [6.07, 6.45) is 11.0. The lowest BCUT2D eigenvalue weighted by molar-refractivity contribution is 0.572. The Hall–Kier alpha value is -1.71. The SMILES string of the molecule is CCCCCCCCCCc1nc(N)c2ccc(F)cc2n1. The van der Waals surface area contributed by atoms with Crippen LogP contribution in [0.5, 0.6) is 0 Å². The number of rotatable bonds is 9. The van der Waals surface area contributed by atoms with E-state index in [2.05, 4.69) is 16.9 Å². The van der Waals surface area contributed by atoms with Gasteiger partial charge in [0.05, 0.1) is 5.52 Å². The zero-order valence-electron chi connectivity index (χ0n) is 13.4. The molecule has 0 bridgehead atoms. The van der Waals surface area contributed by atoms with E-state index < -0.39 is 0 Å². The second kappa shape index (κ2) is 8.66. The van der Waals surface area contributed by atoms with Gasteiger partial charge in [-0.15, -0.1) is 0 Å². The van der Waals surface area contributed by atoms with Gasteiger partial charge < -0.3 is 5.73 Å². The van der Waals surface area contributed by atoms with Crippen molar-refractivity contribution in [3.8, 4) is 0 Å². The summed E-state index contributed by atoms with van der Waals surface area (Å²) in [5.74, 6) is 0.879. The van der Waals surface area contributed by atoms with Crippen LogP contribution < -0.4 is 5.73 Å². The molecule has 0 fully saturated rings. The standard InChI is InChI=1S/C18H26FN3/c1-2-3-4-5-6-7-8-9-10-17-21-16-13-14(19)11-12-15(16)18(20)22-17/h11-13H,2-10H2,1H3,(H2,20,21,22). The first kappa shape index (κ1) is 16.7. The molecule has 0 radical (unpaired) electrons. The molecule has 0 atom stereocenters. The van der Waals surface area contributed by atoms with Gasteiger partial charge in [0.25, 0.3) is 0 Å². The van der Waals surface area contributed by atoms with Crippen molar-refractivity contribution in [2.45, 2.75) is 64.7 Å². The maximum atomic E-state index is 13.3. The topological polar surface area (TPSA) is 51.8 Å². The molecule has 1 aromatic heterocycles. The summed E-state index contributed by atoms with van der Waals surface area (Å²) in [6, 6.07) is 4.45. The van der Waals surface area contributed by atoms with E-state index in [9.17, 15) is 4.39 Å². The molecule has 4 heteroatoms. The molecule has 0 unspecified atom stereocenters. The summed E-state index contributed by atoms with van der Waals surface area (Å²) in [7, 11) is 0. The molecule has 22 heavy (non-hydrogen) atoms. The van der Waals surface area contributed by atoms with Crippen LogP contribution in [-0.2, 0) is 6.42 Å². The smallest absolute Gasteiger partial charge is 0.135 e. The van der Waals surface area contributed by atoms with E-state index in [-0.39, 0.29) is 5.82 Å². The van der Waals surface area contributed by atoms with Gasteiger partial charge in [0.2, 0.25) is 0 Å². The molecule has 1 heterocycles. The van der Waals surface area contributed by atoms with Gasteiger partial charge in [-0.3, -0.25) is 0 Å². The molecule has 0 spiro atoms. The molecule has 2 rings (SSSR count). The lowest BCUT2D eigenvalue weighted by Gasteiger charge is -2.06. The van der Waals surface area contributed by atoms with E-state index in [1.807, 2.05) is 0 Å². The molecular formula is C18H26FN3. The summed E-state index contributed by atoms with van der Waals surface area (Å²) in [4.78, 5) is 8.76. The van der Waals surface area contributed by atoms with Gasteiger partial charge in [0, 0.05) is 17.9 Å². The van der Waals surface area contributed by atoms with Crippen molar-refractivity contribution in [3.05, 3.63) is 29.8 Å². The van der Waals surface area contributed by atoms with Crippen LogP contribution in [0.25, 0.3) is 10.9 Å². The van der Waals surface area contributed by atoms with Gasteiger partial charge in [0.1, 0.15) is 17.5 Å². The van der Waals surface area contributed by atoms with Crippen molar-refractivity contribution in [1.82, 2.24) is 9.97 Å². The van der Waals surface area contributed by atoms with Crippen LogP contribution in [0, 0.1) is 5.82 Å². The average Bonchev–Trinajstić information content (AvgIpc) is 2.49. The van der Waals surface area contributed by atoms with E-state index in [4.69, 9.17) is 5.73 Å². The molecule has 0 saturated heterocycles. The molecule has 120 valence electrons. The number of nitrogens with two attached hydrogens (primary N) is 1. The highest BCUT2D eigenvalue weighted by atomic mass is 19.1. The van der Waals surface area contributed by atoms with Crippen LogP contribution >= 0.6 is 0 Å². The van der Waals surface area contributed by atoms with Gasteiger partial charge in [-0.1, -0.05) is 51.9 Å². The molecule has 1 aromatic carbocycles. The highest BCUT2D eigenvalue weighted by molar-refractivity contribution is 5.87. The molecular weight excluding hydrogens is 277 g/mol. The summed E-state index contributed by atoms with van der Waals surface area (Å²) < 4.78 is 13.3. The molecule has 0 aliphatic carbocycles. The van der Waals surface area contributed by atoms with Crippen LogP contribution in [0.4, 0.5) is 10.2 Å². The Morgan fingerprint density at radius 1 is 0.955 bits per heavy atom.